The van der Waals surface area contributed by atoms with Crippen LogP contribution in [0.3, 0.4) is 0 Å². The molecule has 1 amide bonds. The van der Waals surface area contributed by atoms with E-state index in [-0.39, 0.29) is 12.1 Å². The second-order valence-corrected chi connectivity index (χ2v) is 3.89. The molecule has 0 N–H and O–H groups in total. The van der Waals surface area contributed by atoms with Gasteiger partial charge in [0.05, 0.1) is 5.69 Å². The van der Waals surface area contributed by atoms with Crippen LogP contribution in [0.1, 0.15) is 31.2 Å². The number of hydrogen-bond acceptors (Lipinski definition) is 3. The minimum absolute atomic E-state index is 0.156. The molecule has 1 aliphatic heterocycles. The molecule has 1 fully saturated rings. The average molecular weight is 220 g/mol. The SMILES string of the molecule is COC(c1ccccn1)N1CCCCC1=O. The predicted molar refractivity (Wildman–Crippen MR) is 59.6 cm³/mol. The molecule has 0 spiro atoms. The summed E-state index contributed by atoms with van der Waals surface area (Å²) in [7, 11) is 1.61. The highest BCUT2D eigenvalue weighted by atomic mass is 16.5. The molecular weight excluding hydrogens is 204 g/mol. The minimum atomic E-state index is -0.339. The normalized spacial score (nSPS) is 18.6. The molecule has 86 valence electrons. The summed E-state index contributed by atoms with van der Waals surface area (Å²) in [5.74, 6) is 0.156. The fraction of sp³-hybridized carbons (Fsp3) is 0.500. The Bertz CT molecular complexity index is 353. The lowest BCUT2D eigenvalue weighted by molar-refractivity contribution is -0.148. The van der Waals surface area contributed by atoms with Gasteiger partial charge in [-0.3, -0.25) is 9.78 Å². The Kier molecular flexibility index (Phi) is 3.51. The first-order valence-electron chi connectivity index (χ1n) is 5.56. The maximum atomic E-state index is 11.8. The quantitative estimate of drug-likeness (QED) is 0.779. The highest BCUT2D eigenvalue weighted by Gasteiger charge is 2.27. The van der Waals surface area contributed by atoms with E-state index in [1.165, 1.54) is 0 Å². The van der Waals surface area contributed by atoms with Crippen LogP contribution in [0.2, 0.25) is 0 Å². The fourth-order valence-electron chi connectivity index (χ4n) is 2.00. The van der Waals surface area contributed by atoms with Crippen LogP contribution in [0.25, 0.3) is 0 Å². The van der Waals surface area contributed by atoms with E-state index >= 15 is 0 Å². The maximum absolute atomic E-state index is 11.8. The first-order valence-corrected chi connectivity index (χ1v) is 5.56. The van der Waals surface area contributed by atoms with Crippen molar-refractivity contribution in [2.45, 2.75) is 25.5 Å². The van der Waals surface area contributed by atoms with Crippen molar-refractivity contribution >= 4 is 5.91 Å². The predicted octanol–water partition coefficient (Wildman–Crippen LogP) is 1.74. The molecule has 1 saturated heterocycles. The van der Waals surface area contributed by atoms with Crippen molar-refractivity contribution in [1.82, 2.24) is 9.88 Å². The molecule has 2 rings (SSSR count). The van der Waals surface area contributed by atoms with E-state index in [2.05, 4.69) is 4.98 Å². The van der Waals surface area contributed by atoms with Crippen LogP contribution < -0.4 is 0 Å². The fourth-order valence-corrected chi connectivity index (χ4v) is 2.00. The first kappa shape index (κ1) is 11.1. The van der Waals surface area contributed by atoms with Crippen molar-refractivity contribution in [3.8, 4) is 0 Å². The van der Waals surface area contributed by atoms with Crippen LogP contribution in [0.15, 0.2) is 24.4 Å². The Labute approximate surface area is 95.2 Å². The monoisotopic (exact) mass is 220 g/mol. The molecule has 1 unspecified atom stereocenters. The number of carbonyl (C=O) groups is 1. The zero-order valence-electron chi connectivity index (χ0n) is 9.43. The van der Waals surface area contributed by atoms with Crippen LogP contribution in [0.4, 0.5) is 0 Å². The zero-order valence-corrected chi connectivity index (χ0v) is 9.43. The average Bonchev–Trinajstić information content (AvgIpc) is 2.34. The Morgan fingerprint density at radius 2 is 2.31 bits per heavy atom. The third-order valence-electron chi connectivity index (χ3n) is 2.81. The lowest BCUT2D eigenvalue weighted by Crippen LogP contribution is -2.39. The van der Waals surface area contributed by atoms with Gasteiger partial charge in [-0.15, -0.1) is 0 Å². The van der Waals surface area contributed by atoms with Gasteiger partial charge in [0.1, 0.15) is 0 Å². The van der Waals surface area contributed by atoms with Crippen LogP contribution in [0.5, 0.6) is 0 Å². The van der Waals surface area contributed by atoms with Crippen LogP contribution in [-0.4, -0.2) is 29.4 Å². The Hall–Kier alpha value is -1.42. The number of piperidine rings is 1. The molecule has 4 nitrogen and oxygen atoms in total. The number of hydrogen-bond donors (Lipinski definition) is 0. The largest absolute Gasteiger partial charge is 0.356 e. The number of pyridine rings is 1. The van der Waals surface area contributed by atoms with Crippen molar-refractivity contribution in [3.63, 3.8) is 0 Å². The molecule has 0 aliphatic carbocycles. The third-order valence-corrected chi connectivity index (χ3v) is 2.81. The molecule has 0 bridgehead atoms. The summed E-state index contributed by atoms with van der Waals surface area (Å²) in [6.45, 7) is 0.758. The molecule has 1 atom stereocenters. The van der Waals surface area contributed by atoms with E-state index in [1.807, 2.05) is 18.2 Å². The van der Waals surface area contributed by atoms with E-state index in [9.17, 15) is 4.79 Å². The zero-order chi connectivity index (χ0) is 11.4. The summed E-state index contributed by atoms with van der Waals surface area (Å²) in [4.78, 5) is 17.8. The summed E-state index contributed by atoms with van der Waals surface area (Å²) in [6, 6.07) is 5.65. The molecule has 16 heavy (non-hydrogen) atoms. The molecule has 4 heteroatoms. The molecule has 1 aliphatic rings. The second kappa shape index (κ2) is 5.07. The van der Waals surface area contributed by atoms with E-state index < -0.39 is 0 Å². The van der Waals surface area contributed by atoms with Crippen LogP contribution >= 0.6 is 0 Å². The molecule has 0 radical (unpaired) electrons. The van der Waals surface area contributed by atoms with Gasteiger partial charge in [-0.2, -0.15) is 0 Å². The molecule has 1 aromatic heterocycles. The molecular formula is C12H16N2O2. The molecule has 0 saturated carbocycles. The minimum Gasteiger partial charge on any atom is -0.356 e. The van der Waals surface area contributed by atoms with Gasteiger partial charge < -0.3 is 9.64 Å². The number of nitrogens with zero attached hydrogens (tertiary/aromatic N) is 2. The maximum Gasteiger partial charge on any atom is 0.224 e. The van der Waals surface area contributed by atoms with E-state index in [0.29, 0.717) is 6.42 Å². The van der Waals surface area contributed by atoms with Crippen LogP contribution in [0, 0.1) is 0 Å². The summed E-state index contributed by atoms with van der Waals surface area (Å²) < 4.78 is 5.39. The van der Waals surface area contributed by atoms with Gasteiger partial charge in [0, 0.05) is 26.3 Å². The molecule has 0 aromatic carbocycles. The number of carbonyl (C=O) groups excluding carboxylic acids is 1. The summed E-state index contributed by atoms with van der Waals surface area (Å²) >= 11 is 0. The van der Waals surface area contributed by atoms with Gasteiger partial charge in [0.25, 0.3) is 0 Å². The van der Waals surface area contributed by atoms with Gasteiger partial charge in [0.15, 0.2) is 6.23 Å². The van der Waals surface area contributed by atoms with E-state index in [1.54, 1.807) is 18.2 Å². The third kappa shape index (κ3) is 2.22. The van der Waals surface area contributed by atoms with Crippen molar-refractivity contribution in [1.29, 1.82) is 0 Å². The number of amides is 1. The lowest BCUT2D eigenvalue weighted by Gasteiger charge is -2.33. The van der Waals surface area contributed by atoms with Crippen molar-refractivity contribution < 1.29 is 9.53 Å². The summed E-state index contributed by atoms with van der Waals surface area (Å²) in [6.07, 6.45) is 4.02. The van der Waals surface area contributed by atoms with Gasteiger partial charge in [0.2, 0.25) is 5.91 Å². The smallest absolute Gasteiger partial charge is 0.224 e. The summed E-state index contributed by atoms with van der Waals surface area (Å²) in [5, 5.41) is 0. The van der Waals surface area contributed by atoms with Crippen molar-refractivity contribution in [2.24, 2.45) is 0 Å². The number of methoxy groups -OCH3 is 1. The summed E-state index contributed by atoms with van der Waals surface area (Å²) in [5.41, 5.74) is 0.792. The second-order valence-electron chi connectivity index (χ2n) is 3.89. The standard InChI is InChI=1S/C12H16N2O2/c1-16-12(10-6-2-4-8-13-10)14-9-5-3-7-11(14)15/h2,4,6,8,12H,3,5,7,9H2,1H3. The Morgan fingerprint density at radius 1 is 1.44 bits per heavy atom. The highest BCUT2D eigenvalue weighted by Crippen LogP contribution is 2.24. The van der Waals surface area contributed by atoms with E-state index in [4.69, 9.17) is 4.74 Å². The lowest BCUT2D eigenvalue weighted by atomic mass is 10.1. The Morgan fingerprint density at radius 3 is 2.94 bits per heavy atom. The highest BCUT2D eigenvalue weighted by molar-refractivity contribution is 5.77. The van der Waals surface area contributed by atoms with Gasteiger partial charge in [-0.05, 0) is 25.0 Å². The van der Waals surface area contributed by atoms with Crippen molar-refractivity contribution in [3.05, 3.63) is 30.1 Å². The van der Waals surface area contributed by atoms with Gasteiger partial charge in [-0.1, -0.05) is 6.07 Å². The van der Waals surface area contributed by atoms with Crippen molar-refractivity contribution in [2.75, 3.05) is 13.7 Å². The van der Waals surface area contributed by atoms with Gasteiger partial charge in [-0.25, -0.2) is 0 Å². The topological polar surface area (TPSA) is 42.4 Å². The van der Waals surface area contributed by atoms with E-state index in [0.717, 1.165) is 25.1 Å². The van der Waals surface area contributed by atoms with Gasteiger partial charge >= 0.3 is 0 Å². The molecule has 1 aromatic rings. The first-order chi connectivity index (χ1) is 7.83. The number of aromatic nitrogens is 1. The van der Waals surface area contributed by atoms with Crippen LogP contribution in [-0.2, 0) is 9.53 Å². The number of rotatable bonds is 3. The number of likely N-dealkylation sites (tertiary alicyclic amines) is 1. The Balaban J connectivity index is 2.18. The number of ether oxygens (including phenoxy) is 1. The molecule has 2 heterocycles.